The van der Waals surface area contributed by atoms with Crippen LogP contribution in [0, 0.1) is 11.3 Å². The molecule has 1 saturated heterocycles. The number of fused-ring (bicyclic) bond motifs is 1. The SMILES string of the molecule is CN1CCN(C(C)(C)C=C(C#N)C(=O)NCCn2c(=O)n(-c3ccc(Oc4ccccc4)cc3)c3c(N)ncnc32)CC1. The zero-order valence-corrected chi connectivity index (χ0v) is 24.5. The topological polar surface area (TPSA) is 147 Å². The van der Waals surface area contributed by atoms with Crippen molar-refractivity contribution in [2.75, 3.05) is 45.5 Å². The molecule has 1 fully saturated rings. The molecule has 0 unspecified atom stereocenters. The van der Waals surface area contributed by atoms with Gasteiger partial charge in [0, 0.05) is 44.8 Å². The van der Waals surface area contributed by atoms with E-state index >= 15 is 0 Å². The molecule has 12 heteroatoms. The third-order valence-electron chi connectivity index (χ3n) is 7.61. The normalized spacial score (nSPS) is 14.9. The number of imidazole rings is 1. The van der Waals surface area contributed by atoms with Gasteiger partial charge in [-0.15, -0.1) is 0 Å². The Balaban J connectivity index is 1.33. The molecule has 2 aromatic carbocycles. The molecule has 222 valence electrons. The molecular formula is C31H35N9O3. The number of aromatic nitrogens is 4. The maximum atomic E-state index is 13.7. The van der Waals surface area contributed by atoms with Crippen LogP contribution in [0.5, 0.6) is 11.5 Å². The molecule has 1 aliphatic heterocycles. The van der Waals surface area contributed by atoms with Crippen LogP contribution in [0.15, 0.2) is 77.4 Å². The number of carbonyl (C=O) groups excluding carboxylic acids is 1. The summed E-state index contributed by atoms with van der Waals surface area (Å²) in [6.07, 6.45) is 3.01. The fourth-order valence-electron chi connectivity index (χ4n) is 5.18. The number of likely N-dealkylation sites (N-methyl/N-ethyl adjacent to an activating group) is 1. The number of hydrogen-bond donors (Lipinski definition) is 2. The van der Waals surface area contributed by atoms with Crippen molar-refractivity contribution in [3.63, 3.8) is 0 Å². The van der Waals surface area contributed by atoms with Gasteiger partial charge in [-0.25, -0.2) is 14.8 Å². The number of amides is 1. The standard InChI is InChI=1S/C31H35N9O3/c1-31(2,38-17-15-37(3)16-18-38)19-22(20-32)29(41)34-13-14-39-28-26(27(33)35-21-36-28)40(30(39)42)23-9-11-25(12-10-23)43-24-7-5-4-6-8-24/h4-12,19,21H,13-18H2,1-3H3,(H,34,41)(H2,33,35,36). The van der Waals surface area contributed by atoms with Gasteiger partial charge in [-0.2, -0.15) is 5.26 Å². The number of carbonyl (C=O) groups is 1. The second-order valence-corrected chi connectivity index (χ2v) is 11.0. The second-order valence-electron chi connectivity index (χ2n) is 11.0. The van der Waals surface area contributed by atoms with Crippen LogP contribution in [-0.4, -0.2) is 80.1 Å². The van der Waals surface area contributed by atoms with E-state index in [1.807, 2.05) is 50.2 Å². The van der Waals surface area contributed by atoms with Crippen LogP contribution in [0.25, 0.3) is 16.9 Å². The lowest BCUT2D eigenvalue weighted by Gasteiger charge is -2.41. The number of nitrogens with one attached hydrogen (secondary N) is 1. The van der Waals surface area contributed by atoms with Crippen molar-refractivity contribution in [2.24, 2.45) is 0 Å². The second kappa shape index (κ2) is 12.5. The maximum absolute atomic E-state index is 13.7. The Morgan fingerprint density at radius 2 is 1.74 bits per heavy atom. The quantitative estimate of drug-likeness (QED) is 0.225. The average molecular weight is 582 g/mol. The largest absolute Gasteiger partial charge is 0.457 e. The summed E-state index contributed by atoms with van der Waals surface area (Å²) in [7, 11) is 2.08. The predicted octanol–water partition coefficient (Wildman–Crippen LogP) is 2.55. The van der Waals surface area contributed by atoms with Gasteiger partial charge < -0.3 is 20.7 Å². The first-order valence-electron chi connectivity index (χ1n) is 14.1. The number of para-hydroxylation sites is 1. The summed E-state index contributed by atoms with van der Waals surface area (Å²) in [4.78, 5) is 39.6. The highest BCUT2D eigenvalue weighted by atomic mass is 16.5. The molecular weight excluding hydrogens is 546 g/mol. The molecule has 1 aliphatic rings. The van der Waals surface area contributed by atoms with Gasteiger partial charge in [0.15, 0.2) is 11.5 Å². The summed E-state index contributed by atoms with van der Waals surface area (Å²) < 4.78 is 8.75. The Hall–Kier alpha value is -4.99. The van der Waals surface area contributed by atoms with E-state index in [9.17, 15) is 14.9 Å². The number of nitriles is 1. The zero-order valence-electron chi connectivity index (χ0n) is 24.5. The lowest BCUT2D eigenvalue weighted by molar-refractivity contribution is -0.117. The molecule has 3 N–H and O–H groups in total. The molecule has 43 heavy (non-hydrogen) atoms. The lowest BCUT2D eigenvalue weighted by atomic mass is 9.97. The van der Waals surface area contributed by atoms with Crippen LogP contribution in [0.3, 0.4) is 0 Å². The number of hydrogen-bond acceptors (Lipinski definition) is 9. The maximum Gasteiger partial charge on any atom is 0.335 e. The number of piperazine rings is 1. The summed E-state index contributed by atoms with van der Waals surface area (Å²) in [5.74, 6) is 0.955. The number of nitrogens with zero attached hydrogens (tertiary/aromatic N) is 7. The number of rotatable bonds is 9. The molecule has 5 rings (SSSR count). The molecule has 0 bridgehead atoms. The highest BCUT2D eigenvalue weighted by Crippen LogP contribution is 2.25. The van der Waals surface area contributed by atoms with Gasteiger partial charge >= 0.3 is 5.69 Å². The van der Waals surface area contributed by atoms with Gasteiger partial charge in [0.05, 0.1) is 5.69 Å². The summed E-state index contributed by atoms with van der Waals surface area (Å²) in [5.41, 5.74) is 6.63. The summed E-state index contributed by atoms with van der Waals surface area (Å²) in [5, 5.41) is 12.5. The fraction of sp³-hybridized carbons (Fsp3) is 0.323. The monoisotopic (exact) mass is 581 g/mol. The van der Waals surface area contributed by atoms with Crippen LogP contribution in [0.2, 0.25) is 0 Å². The fourth-order valence-corrected chi connectivity index (χ4v) is 5.18. The van der Waals surface area contributed by atoms with Crippen molar-refractivity contribution in [3.05, 3.63) is 83.1 Å². The molecule has 2 aromatic heterocycles. The summed E-state index contributed by atoms with van der Waals surface area (Å²) in [6, 6.07) is 18.5. The molecule has 0 radical (unpaired) electrons. The highest BCUT2D eigenvalue weighted by Gasteiger charge is 2.29. The van der Waals surface area contributed by atoms with E-state index in [2.05, 4.69) is 32.1 Å². The van der Waals surface area contributed by atoms with E-state index in [0.717, 1.165) is 26.2 Å². The smallest absolute Gasteiger partial charge is 0.335 e. The minimum absolute atomic E-state index is 0.0306. The van der Waals surface area contributed by atoms with Crippen LogP contribution >= 0.6 is 0 Å². The molecule has 1 amide bonds. The number of anilines is 1. The van der Waals surface area contributed by atoms with E-state index in [4.69, 9.17) is 10.5 Å². The van der Waals surface area contributed by atoms with Crippen molar-refractivity contribution in [1.29, 1.82) is 5.26 Å². The van der Waals surface area contributed by atoms with Gasteiger partial charge in [0.1, 0.15) is 35.0 Å². The van der Waals surface area contributed by atoms with Gasteiger partial charge in [-0.3, -0.25) is 18.8 Å². The molecule has 0 aliphatic carbocycles. The Bertz CT molecular complexity index is 1730. The zero-order chi connectivity index (χ0) is 30.6. The van der Waals surface area contributed by atoms with Gasteiger partial charge in [-0.05, 0) is 63.4 Å². The molecule has 12 nitrogen and oxygen atoms in total. The average Bonchev–Trinajstić information content (AvgIpc) is 3.29. The van der Waals surface area contributed by atoms with Crippen molar-refractivity contribution in [3.8, 4) is 23.3 Å². The Kier molecular flexibility index (Phi) is 8.56. The minimum atomic E-state index is -0.496. The van der Waals surface area contributed by atoms with E-state index in [-0.39, 0.29) is 30.2 Å². The van der Waals surface area contributed by atoms with E-state index < -0.39 is 11.4 Å². The number of benzene rings is 2. The predicted molar refractivity (Wildman–Crippen MR) is 164 cm³/mol. The van der Waals surface area contributed by atoms with Gasteiger partial charge in [-0.1, -0.05) is 18.2 Å². The number of nitrogens with two attached hydrogens (primary N) is 1. The van der Waals surface area contributed by atoms with Crippen molar-refractivity contribution in [2.45, 2.75) is 25.9 Å². The number of ether oxygens (including phenoxy) is 1. The molecule has 3 heterocycles. The first-order valence-corrected chi connectivity index (χ1v) is 14.1. The summed E-state index contributed by atoms with van der Waals surface area (Å²) >= 11 is 0. The van der Waals surface area contributed by atoms with E-state index in [1.54, 1.807) is 30.3 Å². The summed E-state index contributed by atoms with van der Waals surface area (Å²) in [6.45, 7) is 7.76. The molecule has 0 spiro atoms. The number of nitrogen functional groups attached to an aromatic ring is 1. The lowest BCUT2D eigenvalue weighted by Crippen LogP contribution is -2.53. The Labute approximate surface area is 249 Å². The van der Waals surface area contributed by atoms with Crippen LogP contribution in [0.1, 0.15) is 13.8 Å². The van der Waals surface area contributed by atoms with Gasteiger partial charge in [0.25, 0.3) is 5.91 Å². The molecule has 0 saturated carbocycles. The minimum Gasteiger partial charge on any atom is -0.457 e. The first-order chi connectivity index (χ1) is 20.7. The Morgan fingerprint density at radius 3 is 2.42 bits per heavy atom. The van der Waals surface area contributed by atoms with Crippen LogP contribution in [-0.2, 0) is 11.3 Å². The third-order valence-corrected chi connectivity index (χ3v) is 7.61. The molecule has 0 atom stereocenters. The van der Waals surface area contributed by atoms with Gasteiger partial charge in [0.2, 0.25) is 0 Å². The molecule has 4 aromatic rings. The van der Waals surface area contributed by atoms with E-state index in [0.29, 0.717) is 28.4 Å². The van der Waals surface area contributed by atoms with E-state index in [1.165, 1.54) is 15.5 Å². The van der Waals surface area contributed by atoms with Crippen molar-refractivity contribution in [1.82, 2.24) is 34.2 Å². The highest BCUT2D eigenvalue weighted by molar-refractivity contribution is 5.97. The first kappa shape index (κ1) is 29.5. The van der Waals surface area contributed by atoms with Crippen LogP contribution < -0.4 is 21.5 Å². The third kappa shape index (κ3) is 6.43. The van der Waals surface area contributed by atoms with Crippen LogP contribution in [0.4, 0.5) is 5.82 Å². The Morgan fingerprint density at radius 1 is 1.07 bits per heavy atom. The van der Waals surface area contributed by atoms with Crippen molar-refractivity contribution >= 4 is 22.9 Å². The van der Waals surface area contributed by atoms with Crippen molar-refractivity contribution < 1.29 is 9.53 Å².